The largest absolute Gasteiger partial charge is 0.478 e. The molecule has 2 N–H and O–H groups in total. The maximum Gasteiger partial charge on any atom is 0.328 e. The van der Waals surface area contributed by atoms with Gasteiger partial charge in [0.2, 0.25) is 0 Å². The van der Waals surface area contributed by atoms with Crippen LogP contribution in [0.2, 0.25) is 0 Å². The number of H-pyrrole nitrogens is 1. The van der Waals surface area contributed by atoms with Gasteiger partial charge in [-0.25, -0.2) is 9.89 Å². The molecule has 0 aliphatic rings. The molecule has 0 saturated carbocycles. The predicted molar refractivity (Wildman–Crippen MR) is 64.8 cm³/mol. The Labute approximate surface area is 100 Å². The minimum atomic E-state index is -1.10. The lowest BCUT2D eigenvalue weighted by Gasteiger charge is -1.97. The third-order valence-electron chi connectivity index (χ3n) is 2.01. The van der Waals surface area contributed by atoms with E-state index in [4.69, 9.17) is 5.11 Å². The van der Waals surface area contributed by atoms with E-state index < -0.39 is 11.5 Å². The number of aliphatic carboxylic acids is 1. The molecule has 0 spiro atoms. The van der Waals surface area contributed by atoms with E-state index in [0.717, 1.165) is 11.0 Å². The Morgan fingerprint density at radius 1 is 1.53 bits per heavy atom. The smallest absolute Gasteiger partial charge is 0.328 e. The summed E-state index contributed by atoms with van der Waals surface area (Å²) < 4.78 is 0. The molecule has 6 heteroatoms. The number of nitrogens with zero attached hydrogens (tertiary/aromatic N) is 1. The van der Waals surface area contributed by atoms with Crippen LogP contribution in [0.1, 0.15) is 5.56 Å². The number of aromatic nitrogens is 2. The van der Waals surface area contributed by atoms with Crippen LogP contribution in [0.4, 0.5) is 0 Å². The van der Waals surface area contributed by atoms with E-state index in [1.54, 1.807) is 6.07 Å². The number of hydrogen-bond donors (Lipinski definition) is 2. The minimum absolute atomic E-state index is 0.269. The molecule has 0 radical (unpaired) electrons. The molecule has 0 aliphatic heterocycles. The van der Waals surface area contributed by atoms with Crippen LogP contribution in [-0.4, -0.2) is 21.3 Å². The topological polar surface area (TPSA) is 83.0 Å². The SMILES string of the molecule is O=C(O)/C=C/c1cc(-c2cccs2)n[nH]c1=O. The molecule has 86 valence electrons. The van der Waals surface area contributed by atoms with Gasteiger partial charge in [0.25, 0.3) is 5.56 Å². The fraction of sp³-hybridized carbons (Fsp3) is 0. The summed E-state index contributed by atoms with van der Waals surface area (Å²) in [5.41, 5.74) is 0.471. The number of hydrogen-bond acceptors (Lipinski definition) is 4. The van der Waals surface area contributed by atoms with Crippen molar-refractivity contribution in [3.63, 3.8) is 0 Å². The van der Waals surface area contributed by atoms with Crippen LogP contribution in [0, 0.1) is 0 Å². The summed E-state index contributed by atoms with van der Waals surface area (Å²) in [5.74, 6) is -1.10. The molecule has 2 aromatic rings. The van der Waals surface area contributed by atoms with Crippen LogP contribution in [0.5, 0.6) is 0 Å². The second-order valence-corrected chi connectivity index (χ2v) is 4.13. The van der Waals surface area contributed by atoms with Crippen LogP contribution in [0.15, 0.2) is 34.4 Å². The minimum Gasteiger partial charge on any atom is -0.478 e. The molecule has 2 rings (SSSR count). The molecule has 0 atom stereocenters. The van der Waals surface area contributed by atoms with Gasteiger partial charge in [-0.2, -0.15) is 5.10 Å². The maximum atomic E-state index is 11.4. The Morgan fingerprint density at radius 2 is 2.35 bits per heavy atom. The highest BCUT2D eigenvalue weighted by Gasteiger charge is 2.04. The second kappa shape index (κ2) is 4.75. The van der Waals surface area contributed by atoms with Gasteiger partial charge < -0.3 is 5.11 Å². The molecule has 17 heavy (non-hydrogen) atoms. The van der Waals surface area contributed by atoms with Crippen LogP contribution in [0.3, 0.4) is 0 Å². The first-order valence-electron chi connectivity index (χ1n) is 4.71. The molecule has 0 unspecified atom stereocenters. The second-order valence-electron chi connectivity index (χ2n) is 3.19. The number of aromatic amines is 1. The summed E-state index contributed by atoms with van der Waals surface area (Å²) in [5, 5.41) is 16.6. The highest BCUT2D eigenvalue weighted by Crippen LogP contribution is 2.21. The zero-order valence-electron chi connectivity index (χ0n) is 8.58. The van der Waals surface area contributed by atoms with E-state index in [1.807, 2.05) is 17.5 Å². The van der Waals surface area contributed by atoms with Crippen LogP contribution < -0.4 is 5.56 Å². The highest BCUT2D eigenvalue weighted by atomic mass is 32.1. The van der Waals surface area contributed by atoms with E-state index in [2.05, 4.69) is 10.2 Å². The molecular formula is C11H8N2O3S. The number of carboxylic acids is 1. The molecule has 0 saturated heterocycles. The van der Waals surface area contributed by atoms with Crippen molar-refractivity contribution < 1.29 is 9.90 Å². The number of carbonyl (C=O) groups is 1. The van der Waals surface area contributed by atoms with E-state index in [1.165, 1.54) is 17.4 Å². The Hall–Kier alpha value is -2.21. The Morgan fingerprint density at radius 3 is 3.00 bits per heavy atom. The summed E-state index contributed by atoms with van der Waals surface area (Å²) >= 11 is 1.49. The van der Waals surface area contributed by atoms with Crippen LogP contribution in [0.25, 0.3) is 16.6 Å². The van der Waals surface area contributed by atoms with Gasteiger partial charge in [0, 0.05) is 11.6 Å². The summed E-state index contributed by atoms with van der Waals surface area (Å²) in [4.78, 5) is 22.7. The average Bonchev–Trinajstić information content (AvgIpc) is 2.81. The summed E-state index contributed by atoms with van der Waals surface area (Å²) in [7, 11) is 0. The molecule has 0 bridgehead atoms. The van der Waals surface area contributed by atoms with Crippen LogP contribution in [-0.2, 0) is 4.79 Å². The predicted octanol–water partition coefficient (Wildman–Crippen LogP) is 1.60. The lowest BCUT2D eigenvalue weighted by Crippen LogP contribution is -2.11. The zero-order valence-corrected chi connectivity index (χ0v) is 9.40. The lowest BCUT2D eigenvalue weighted by molar-refractivity contribution is -0.131. The average molecular weight is 248 g/mol. The summed E-state index contributed by atoms with van der Waals surface area (Å²) in [6.07, 6.45) is 2.17. The van der Waals surface area contributed by atoms with Crippen molar-refractivity contribution in [3.8, 4) is 10.6 Å². The van der Waals surface area contributed by atoms with Gasteiger partial charge in [-0.15, -0.1) is 11.3 Å². The fourth-order valence-electron chi connectivity index (χ4n) is 1.26. The van der Waals surface area contributed by atoms with E-state index in [9.17, 15) is 9.59 Å². The van der Waals surface area contributed by atoms with Crippen molar-refractivity contribution in [2.75, 3.05) is 0 Å². The number of carboxylic acid groups (broad SMARTS) is 1. The molecule has 5 nitrogen and oxygen atoms in total. The lowest BCUT2D eigenvalue weighted by atomic mass is 10.2. The third-order valence-corrected chi connectivity index (χ3v) is 2.90. The standard InChI is InChI=1S/C11H8N2O3S/c14-10(15)4-3-7-6-8(12-13-11(7)16)9-2-1-5-17-9/h1-6H,(H,13,16)(H,14,15)/b4-3+. The quantitative estimate of drug-likeness (QED) is 0.808. The van der Waals surface area contributed by atoms with Gasteiger partial charge >= 0.3 is 5.97 Å². The first-order valence-corrected chi connectivity index (χ1v) is 5.59. The van der Waals surface area contributed by atoms with Gasteiger partial charge in [0.05, 0.1) is 4.88 Å². The van der Waals surface area contributed by atoms with E-state index in [0.29, 0.717) is 5.69 Å². The van der Waals surface area contributed by atoms with Crippen molar-refractivity contribution in [2.45, 2.75) is 0 Å². The first kappa shape index (κ1) is 11.3. The maximum absolute atomic E-state index is 11.4. The van der Waals surface area contributed by atoms with Gasteiger partial charge in [-0.3, -0.25) is 4.79 Å². The first-order chi connectivity index (χ1) is 8.16. The van der Waals surface area contributed by atoms with E-state index >= 15 is 0 Å². The molecule has 0 fully saturated rings. The molecule has 2 aromatic heterocycles. The number of rotatable bonds is 3. The Bertz CT molecular complexity index is 614. The van der Waals surface area contributed by atoms with Crippen molar-refractivity contribution in [2.24, 2.45) is 0 Å². The Kier molecular flexibility index (Phi) is 3.15. The molecule has 0 aromatic carbocycles. The molecule has 0 amide bonds. The Balaban J connectivity index is 2.43. The van der Waals surface area contributed by atoms with Gasteiger partial charge in [-0.05, 0) is 23.6 Å². The monoisotopic (exact) mass is 248 g/mol. The third kappa shape index (κ3) is 2.67. The highest BCUT2D eigenvalue weighted by molar-refractivity contribution is 7.13. The van der Waals surface area contributed by atoms with Gasteiger partial charge in [0.15, 0.2) is 0 Å². The van der Waals surface area contributed by atoms with Gasteiger partial charge in [0.1, 0.15) is 5.69 Å². The summed E-state index contributed by atoms with van der Waals surface area (Å²) in [6, 6.07) is 5.31. The fourth-order valence-corrected chi connectivity index (χ4v) is 1.94. The zero-order chi connectivity index (χ0) is 12.3. The van der Waals surface area contributed by atoms with E-state index in [-0.39, 0.29) is 5.56 Å². The number of thiophene rings is 1. The molecule has 2 heterocycles. The van der Waals surface area contributed by atoms with Crippen molar-refractivity contribution in [1.29, 1.82) is 0 Å². The normalized spacial score (nSPS) is 10.8. The van der Waals surface area contributed by atoms with Crippen LogP contribution >= 0.6 is 11.3 Å². The summed E-state index contributed by atoms with van der Waals surface area (Å²) in [6.45, 7) is 0. The molecule has 0 aliphatic carbocycles. The molecular weight excluding hydrogens is 240 g/mol. The van der Waals surface area contributed by atoms with Crippen molar-refractivity contribution in [1.82, 2.24) is 10.2 Å². The van der Waals surface area contributed by atoms with Gasteiger partial charge in [-0.1, -0.05) is 6.07 Å². The number of nitrogens with one attached hydrogen (secondary N) is 1. The van der Waals surface area contributed by atoms with Crippen molar-refractivity contribution in [3.05, 3.63) is 45.6 Å². The van der Waals surface area contributed by atoms with Crippen molar-refractivity contribution >= 4 is 23.4 Å².